The van der Waals surface area contributed by atoms with Gasteiger partial charge in [0.25, 0.3) is 0 Å². The van der Waals surface area contributed by atoms with Gasteiger partial charge in [-0.15, -0.1) is 11.6 Å². The number of ether oxygens (including phenoxy) is 1. The first-order valence-electron chi connectivity index (χ1n) is 5.13. The number of alkyl halides is 1. The zero-order chi connectivity index (χ0) is 10.7. The number of hydroxylamine groups is 2. The fourth-order valence-electron chi connectivity index (χ4n) is 1.81. The lowest BCUT2D eigenvalue weighted by molar-refractivity contribution is 0.218. The van der Waals surface area contributed by atoms with E-state index < -0.39 is 0 Å². The van der Waals surface area contributed by atoms with E-state index in [1.165, 1.54) is 0 Å². The summed E-state index contributed by atoms with van der Waals surface area (Å²) in [5, 5.41) is 12.4. The Kier molecular flexibility index (Phi) is 3.14. The molecule has 1 aromatic rings. The summed E-state index contributed by atoms with van der Waals surface area (Å²) in [4.78, 5) is 0. The number of unbranched alkanes of at least 4 members (excludes halogenated alkanes) is 1. The van der Waals surface area contributed by atoms with Gasteiger partial charge in [0.05, 0.1) is 6.54 Å². The van der Waals surface area contributed by atoms with Gasteiger partial charge in [-0.05, 0) is 18.9 Å². The van der Waals surface area contributed by atoms with Gasteiger partial charge in [-0.1, -0.05) is 12.1 Å². The number of rotatable bonds is 4. The molecule has 1 aromatic carbocycles. The van der Waals surface area contributed by atoms with Crippen LogP contribution in [0, 0.1) is 5.21 Å². The molecule has 0 saturated heterocycles. The largest absolute Gasteiger partial charge is 0.625 e. The summed E-state index contributed by atoms with van der Waals surface area (Å²) in [6.07, 6.45) is 1.72. The Morgan fingerprint density at radius 2 is 2.13 bits per heavy atom. The minimum absolute atomic E-state index is 0.196. The second-order valence-electron chi connectivity index (χ2n) is 3.75. The Morgan fingerprint density at radius 3 is 2.93 bits per heavy atom. The van der Waals surface area contributed by atoms with Crippen molar-refractivity contribution >= 4 is 17.3 Å². The van der Waals surface area contributed by atoms with E-state index in [0.29, 0.717) is 12.4 Å². The molecule has 0 spiro atoms. The molecule has 1 atom stereocenters. The van der Waals surface area contributed by atoms with Crippen LogP contribution in [0.2, 0.25) is 0 Å². The molecule has 0 saturated carbocycles. The first-order chi connectivity index (χ1) is 7.26. The molecule has 15 heavy (non-hydrogen) atoms. The number of fused-ring (bicyclic) bond motifs is 1. The topological polar surface area (TPSA) is 32.3 Å². The molecule has 0 radical (unpaired) electrons. The van der Waals surface area contributed by atoms with Gasteiger partial charge < -0.3 is 9.94 Å². The van der Waals surface area contributed by atoms with Crippen LogP contribution >= 0.6 is 11.6 Å². The van der Waals surface area contributed by atoms with E-state index in [1.54, 1.807) is 0 Å². The fourth-order valence-corrected chi connectivity index (χ4v) is 1.99. The second-order valence-corrected chi connectivity index (χ2v) is 4.13. The van der Waals surface area contributed by atoms with Crippen molar-refractivity contribution in [2.75, 3.05) is 19.2 Å². The molecule has 0 aliphatic carbocycles. The van der Waals surface area contributed by atoms with Crippen molar-refractivity contribution in [1.82, 2.24) is 4.65 Å². The number of hydrogen-bond donors (Lipinski definition) is 0. The summed E-state index contributed by atoms with van der Waals surface area (Å²) in [6.45, 7) is 0.741. The Bertz CT molecular complexity index is 345. The smallest absolute Gasteiger partial charge is 0.228 e. The number of halogens is 1. The minimum atomic E-state index is -0.368. The summed E-state index contributed by atoms with van der Waals surface area (Å²) in [7, 11) is 0. The standard InChI is InChI=1S/C11H14ClNO2/c12-7-3-4-8-13(14)9-15-11-6-2-1-5-10(11)13/h1-2,5-6H,3-4,7-9H2. The summed E-state index contributed by atoms with van der Waals surface area (Å²) in [5.74, 6) is 1.33. The van der Waals surface area contributed by atoms with E-state index in [9.17, 15) is 5.21 Å². The highest BCUT2D eigenvalue weighted by Gasteiger charge is 2.31. The Balaban J connectivity index is 2.10. The molecule has 0 bridgehead atoms. The molecule has 0 aromatic heterocycles. The maximum absolute atomic E-state index is 12.4. The molecule has 0 N–H and O–H groups in total. The van der Waals surface area contributed by atoms with E-state index in [1.807, 2.05) is 24.3 Å². The third-order valence-corrected chi connectivity index (χ3v) is 2.90. The van der Waals surface area contributed by atoms with Crippen LogP contribution in [0.25, 0.3) is 0 Å². The van der Waals surface area contributed by atoms with Crippen molar-refractivity contribution in [2.24, 2.45) is 0 Å². The summed E-state index contributed by atoms with van der Waals surface area (Å²) in [6, 6.07) is 7.44. The maximum atomic E-state index is 12.4. The predicted molar refractivity (Wildman–Crippen MR) is 61.9 cm³/mol. The predicted octanol–water partition coefficient (Wildman–Crippen LogP) is 2.86. The van der Waals surface area contributed by atoms with Crippen LogP contribution in [0.4, 0.5) is 5.69 Å². The van der Waals surface area contributed by atoms with Crippen LogP contribution in [-0.4, -0.2) is 19.2 Å². The molecule has 1 unspecified atom stereocenters. The second kappa shape index (κ2) is 4.39. The molecular formula is C11H14ClNO2. The molecule has 4 heteroatoms. The van der Waals surface area contributed by atoms with E-state index in [-0.39, 0.29) is 11.4 Å². The number of para-hydroxylation sites is 2. The first-order valence-corrected chi connectivity index (χ1v) is 5.66. The highest BCUT2D eigenvalue weighted by Crippen LogP contribution is 2.38. The monoisotopic (exact) mass is 227 g/mol. The van der Waals surface area contributed by atoms with E-state index in [2.05, 4.69) is 0 Å². The van der Waals surface area contributed by atoms with E-state index in [4.69, 9.17) is 16.3 Å². The van der Waals surface area contributed by atoms with E-state index >= 15 is 0 Å². The van der Waals surface area contributed by atoms with Crippen LogP contribution < -0.4 is 9.38 Å². The zero-order valence-corrected chi connectivity index (χ0v) is 9.24. The van der Waals surface area contributed by atoms with Gasteiger partial charge in [0, 0.05) is 11.9 Å². The van der Waals surface area contributed by atoms with Crippen molar-refractivity contribution in [3.8, 4) is 5.75 Å². The fraction of sp³-hybridized carbons (Fsp3) is 0.455. The van der Waals surface area contributed by atoms with Crippen molar-refractivity contribution < 1.29 is 4.74 Å². The molecule has 82 valence electrons. The number of nitrogens with zero attached hydrogens (tertiary/aromatic N) is 1. The third kappa shape index (κ3) is 2.09. The normalized spacial score (nSPS) is 23.6. The zero-order valence-electron chi connectivity index (χ0n) is 8.49. The first kappa shape index (κ1) is 10.7. The lowest BCUT2D eigenvalue weighted by Crippen LogP contribution is -2.43. The molecule has 1 aliphatic rings. The Morgan fingerprint density at radius 1 is 1.33 bits per heavy atom. The SMILES string of the molecule is [O-][N+]1(CCCCCl)COc2ccccc21. The average Bonchev–Trinajstić information content (AvgIpc) is 2.59. The summed E-state index contributed by atoms with van der Waals surface area (Å²) in [5.41, 5.74) is 0.743. The number of hydrogen-bond acceptors (Lipinski definition) is 2. The van der Waals surface area contributed by atoms with Crippen LogP contribution in [-0.2, 0) is 0 Å². The highest BCUT2D eigenvalue weighted by molar-refractivity contribution is 6.17. The minimum Gasteiger partial charge on any atom is -0.625 e. The summed E-state index contributed by atoms with van der Waals surface area (Å²) >= 11 is 5.59. The molecule has 3 nitrogen and oxygen atoms in total. The lowest BCUT2D eigenvalue weighted by Gasteiger charge is -2.35. The van der Waals surface area contributed by atoms with Crippen LogP contribution in [0.5, 0.6) is 5.75 Å². The quantitative estimate of drug-likeness (QED) is 0.343. The van der Waals surface area contributed by atoms with Gasteiger partial charge in [-0.3, -0.25) is 4.65 Å². The average molecular weight is 228 g/mol. The van der Waals surface area contributed by atoms with Crippen molar-refractivity contribution in [1.29, 1.82) is 0 Å². The van der Waals surface area contributed by atoms with Gasteiger partial charge in [0.15, 0.2) is 11.4 Å². The van der Waals surface area contributed by atoms with E-state index in [0.717, 1.165) is 24.3 Å². The molecule has 0 amide bonds. The molecule has 1 aliphatic heterocycles. The van der Waals surface area contributed by atoms with Crippen LogP contribution in [0.1, 0.15) is 12.8 Å². The Hall–Kier alpha value is -0.770. The van der Waals surface area contributed by atoms with Crippen molar-refractivity contribution in [3.05, 3.63) is 29.5 Å². The lowest BCUT2D eigenvalue weighted by atomic mass is 10.2. The number of quaternary nitrogens is 1. The van der Waals surface area contributed by atoms with Crippen LogP contribution in [0.15, 0.2) is 24.3 Å². The Labute approximate surface area is 94.4 Å². The van der Waals surface area contributed by atoms with Crippen LogP contribution in [0.3, 0.4) is 0 Å². The highest BCUT2D eigenvalue weighted by atomic mass is 35.5. The van der Waals surface area contributed by atoms with Gasteiger partial charge in [-0.2, -0.15) is 0 Å². The number of benzene rings is 1. The summed E-state index contributed by atoms with van der Waals surface area (Å²) < 4.78 is 5.00. The van der Waals surface area contributed by atoms with Gasteiger partial charge in [-0.25, -0.2) is 0 Å². The van der Waals surface area contributed by atoms with Gasteiger partial charge in [0.1, 0.15) is 0 Å². The molecule has 0 fully saturated rings. The van der Waals surface area contributed by atoms with Crippen molar-refractivity contribution in [3.63, 3.8) is 0 Å². The van der Waals surface area contributed by atoms with Crippen molar-refractivity contribution in [2.45, 2.75) is 12.8 Å². The molecular weight excluding hydrogens is 214 g/mol. The maximum Gasteiger partial charge on any atom is 0.228 e. The third-order valence-electron chi connectivity index (χ3n) is 2.64. The van der Waals surface area contributed by atoms with Gasteiger partial charge in [0.2, 0.25) is 6.73 Å². The molecule has 1 heterocycles. The molecule has 2 rings (SSSR count). The van der Waals surface area contributed by atoms with Gasteiger partial charge >= 0.3 is 0 Å².